The standard InChI is InChI=1S/4Na.H4O7P2.Sn.4H/c;;;;1-8(2,3)7-9(4,5)6;;;;;/h;;;;(H2,1,2,3)(H2,4,5,6);;;;;/q4*+1;;;;;;/p-4. The Morgan fingerprint density at radius 1 is 0.714 bits per heavy atom. The zero-order chi connectivity index (χ0) is 7.71. The van der Waals surface area contributed by atoms with Crippen molar-refractivity contribution in [3.8, 4) is 0 Å². The predicted molar refractivity (Wildman–Crippen MR) is 27.6 cm³/mol. The van der Waals surface area contributed by atoms with Gasteiger partial charge in [0.05, 0.1) is 15.6 Å². The Kier molecular flexibility index (Phi) is 42.0. The molecule has 0 aromatic carbocycles. The third kappa shape index (κ3) is 36.0. The quantitative estimate of drug-likeness (QED) is 0.338. The summed E-state index contributed by atoms with van der Waals surface area (Å²) in [5, 5.41) is 0. The summed E-state index contributed by atoms with van der Waals surface area (Å²) in [6.45, 7) is 0. The average molecular weight is 389 g/mol. The van der Waals surface area contributed by atoms with E-state index in [1.54, 1.807) is 0 Å². The average Bonchev–Trinajstić information content (AvgIpc) is 1.14. The van der Waals surface area contributed by atoms with Crippen LogP contribution in [0.25, 0.3) is 0 Å². The van der Waals surface area contributed by atoms with Gasteiger partial charge in [-0.3, -0.25) is 0 Å². The van der Waals surface area contributed by atoms with Gasteiger partial charge in [0.2, 0.25) is 0 Å². The SMILES string of the molecule is O=P([O-])([O-])OP(=O)([O-])[O-].[Na+].[Na+].[Na+].[Na+].[SnH4]. The molecule has 0 aliphatic rings. The molecule has 0 rings (SSSR count). The van der Waals surface area contributed by atoms with Crippen LogP contribution in [0.5, 0.6) is 0 Å². The molecule has 0 aromatic heterocycles. The van der Waals surface area contributed by atoms with E-state index in [2.05, 4.69) is 4.31 Å². The van der Waals surface area contributed by atoms with Crippen molar-refractivity contribution in [2.45, 2.75) is 0 Å². The zero-order valence-corrected chi connectivity index (χ0v) is 17.5. The molecule has 0 N–H and O–H groups in total. The molecule has 0 aliphatic heterocycles. The Balaban J connectivity index is -0.0000000320. The van der Waals surface area contributed by atoms with Gasteiger partial charge < -0.3 is 33.0 Å². The van der Waals surface area contributed by atoms with Crippen molar-refractivity contribution in [2.75, 3.05) is 0 Å². The molecule has 7 nitrogen and oxygen atoms in total. The molecule has 0 spiro atoms. The van der Waals surface area contributed by atoms with Crippen molar-refractivity contribution >= 4 is 39.6 Å². The Labute approximate surface area is 186 Å². The van der Waals surface area contributed by atoms with Gasteiger partial charge in [0, 0.05) is 0 Å². The molecule has 0 amide bonds. The molecule has 0 saturated heterocycles. The first-order valence-corrected chi connectivity index (χ1v) is 4.38. The molecule has 0 heterocycles. The maximum absolute atomic E-state index is 9.32. The van der Waals surface area contributed by atoms with Gasteiger partial charge in [0.25, 0.3) is 0 Å². The summed E-state index contributed by atoms with van der Waals surface area (Å²) in [7, 11) is -11.4. The van der Waals surface area contributed by atoms with E-state index in [1.807, 2.05) is 0 Å². The summed E-state index contributed by atoms with van der Waals surface area (Å²) in [4.78, 5) is 37.3. The summed E-state index contributed by atoms with van der Waals surface area (Å²) in [5.41, 5.74) is 0. The molecule has 0 aromatic rings. The second-order valence-corrected chi connectivity index (χ2v) is 3.42. The van der Waals surface area contributed by atoms with Gasteiger partial charge in [0.1, 0.15) is 0 Å². The first kappa shape index (κ1) is 36.4. The zero-order valence-electron chi connectivity index (χ0n) is 7.75. The molecular formula is H4Na4O7P2Sn. The summed E-state index contributed by atoms with van der Waals surface area (Å²) in [5.74, 6) is 0. The third-order valence-corrected chi connectivity index (χ3v) is 1.80. The normalized spacial score (nSPS) is 8.86. The van der Waals surface area contributed by atoms with Gasteiger partial charge in [-0.25, -0.2) is 0 Å². The fourth-order valence-electron chi connectivity index (χ4n) is 0.122. The molecular weight excluding hydrogens is 385 g/mol. The van der Waals surface area contributed by atoms with E-state index in [1.165, 1.54) is 0 Å². The molecule has 0 atom stereocenters. The van der Waals surface area contributed by atoms with Crippen LogP contribution in [0.2, 0.25) is 0 Å². The number of rotatable bonds is 2. The monoisotopic (exact) mass is 390 g/mol. The number of phosphoric acid groups is 2. The van der Waals surface area contributed by atoms with Crippen LogP contribution >= 0.6 is 15.6 Å². The van der Waals surface area contributed by atoms with E-state index in [4.69, 9.17) is 0 Å². The fourth-order valence-corrected chi connectivity index (χ4v) is 1.10. The summed E-state index contributed by atoms with van der Waals surface area (Å²) >= 11 is 0. The van der Waals surface area contributed by atoms with E-state index in [9.17, 15) is 28.7 Å². The van der Waals surface area contributed by atoms with Crippen LogP contribution in [0, 0.1) is 0 Å². The minimum atomic E-state index is -5.68. The van der Waals surface area contributed by atoms with Gasteiger partial charge >= 0.3 is 142 Å². The Morgan fingerprint density at radius 2 is 0.857 bits per heavy atom. The first-order valence-electron chi connectivity index (χ1n) is 1.46. The molecule has 0 unspecified atom stereocenters. The van der Waals surface area contributed by atoms with Gasteiger partial charge in [-0.05, 0) is 0 Å². The number of hydrogen-bond acceptors (Lipinski definition) is 7. The van der Waals surface area contributed by atoms with Crippen LogP contribution in [0.1, 0.15) is 0 Å². The fraction of sp³-hybridized carbons (Fsp3) is 0. The Morgan fingerprint density at radius 3 is 0.857 bits per heavy atom. The van der Waals surface area contributed by atoms with Crippen molar-refractivity contribution in [3.63, 3.8) is 0 Å². The molecule has 0 saturated carbocycles. The van der Waals surface area contributed by atoms with Crippen molar-refractivity contribution in [1.29, 1.82) is 0 Å². The topological polar surface area (TPSA) is 136 Å². The molecule has 0 bridgehead atoms. The van der Waals surface area contributed by atoms with Crippen LogP contribution in [0.4, 0.5) is 0 Å². The van der Waals surface area contributed by atoms with Gasteiger partial charge in [0.15, 0.2) is 0 Å². The van der Waals surface area contributed by atoms with Crippen molar-refractivity contribution < 1.29 is 151 Å². The molecule has 64 valence electrons. The van der Waals surface area contributed by atoms with E-state index in [-0.39, 0.29) is 142 Å². The van der Waals surface area contributed by atoms with Crippen molar-refractivity contribution in [1.82, 2.24) is 0 Å². The Bertz CT molecular complexity index is 164. The van der Waals surface area contributed by atoms with Gasteiger partial charge in [-0.1, -0.05) is 0 Å². The van der Waals surface area contributed by atoms with Crippen molar-refractivity contribution in [2.24, 2.45) is 0 Å². The van der Waals surface area contributed by atoms with E-state index < -0.39 is 15.6 Å². The van der Waals surface area contributed by atoms with Gasteiger partial charge in [-0.2, -0.15) is 0 Å². The minimum absolute atomic E-state index is 0. The van der Waals surface area contributed by atoms with Gasteiger partial charge in [-0.15, -0.1) is 0 Å². The second-order valence-electron chi connectivity index (χ2n) is 0.976. The van der Waals surface area contributed by atoms with Crippen LogP contribution in [0.3, 0.4) is 0 Å². The van der Waals surface area contributed by atoms with E-state index in [0.717, 1.165) is 0 Å². The van der Waals surface area contributed by atoms with Crippen LogP contribution in [0.15, 0.2) is 0 Å². The van der Waals surface area contributed by atoms with Crippen molar-refractivity contribution in [3.05, 3.63) is 0 Å². The molecule has 14 heteroatoms. The molecule has 0 aliphatic carbocycles. The maximum atomic E-state index is 9.32. The molecule has 0 radical (unpaired) electrons. The van der Waals surface area contributed by atoms with Crippen LogP contribution in [-0.2, 0) is 13.4 Å². The Hall–Kier alpha value is 5.06. The summed E-state index contributed by atoms with van der Waals surface area (Å²) in [6.07, 6.45) is 0. The van der Waals surface area contributed by atoms with E-state index >= 15 is 0 Å². The first-order chi connectivity index (χ1) is 3.71. The van der Waals surface area contributed by atoms with Crippen LogP contribution in [-0.4, -0.2) is 23.9 Å². The summed E-state index contributed by atoms with van der Waals surface area (Å²) in [6, 6.07) is 0. The summed E-state index contributed by atoms with van der Waals surface area (Å²) < 4.78 is 21.2. The van der Waals surface area contributed by atoms with Crippen LogP contribution < -0.4 is 138 Å². The number of hydrogen-bond donors (Lipinski definition) is 0. The predicted octanol–water partition coefficient (Wildman–Crippen LogP) is -16.8. The molecule has 0 fully saturated rings. The third-order valence-electron chi connectivity index (χ3n) is 0.200. The second kappa shape index (κ2) is 16.1. The molecule has 14 heavy (non-hydrogen) atoms. The van der Waals surface area contributed by atoms with E-state index in [0.29, 0.717) is 0 Å².